The lowest BCUT2D eigenvalue weighted by molar-refractivity contribution is 0.426. The molecule has 41 heavy (non-hydrogen) atoms. The highest BCUT2D eigenvalue weighted by molar-refractivity contribution is 6.62. The Morgan fingerprint density at radius 2 is 1.34 bits per heavy atom. The molecule has 0 saturated heterocycles. The van der Waals surface area contributed by atoms with E-state index in [1.807, 2.05) is 91.9 Å². The average molecular weight is 533 g/mol. The molecular formula is C35H28BN3O2. The summed E-state index contributed by atoms with van der Waals surface area (Å²) in [5.41, 5.74) is 8.49. The van der Waals surface area contributed by atoms with Crippen molar-refractivity contribution in [3.63, 3.8) is 0 Å². The van der Waals surface area contributed by atoms with Gasteiger partial charge in [-0.05, 0) is 42.7 Å². The van der Waals surface area contributed by atoms with Crippen LogP contribution in [-0.4, -0.2) is 31.7 Å². The molecule has 0 radical (unpaired) electrons. The maximum atomic E-state index is 10.2. The molecule has 0 saturated carbocycles. The van der Waals surface area contributed by atoms with Gasteiger partial charge in [-0.2, -0.15) is 0 Å². The highest BCUT2D eigenvalue weighted by atomic mass is 16.4. The molecule has 6 aromatic rings. The van der Waals surface area contributed by atoms with Gasteiger partial charge in [0.1, 0.15) is 0 Å². The van der Waals surface area contributed by atoms with Crippen LogP contribution in [0.15, 0.2) is 122 Å². The first-order chi connectivity index (χ1) is 20.1. The number of benzene rings is 4. The van der Waals surface area contributed by atoms with Crippen molar-refractivity contribution in [2.24, 2.45) is 0 Å². The van der Waals surface area contributed by atoms with E-state index in [1.165, 1.54) is 0 Å². The summed E-state index contributed by atoms with van der Waals surface area (Å²) in [5.74, 6) is 0.617. The van der Waals surface area contributed by atoms with Crippen LogP contribution in [0.3, 0.4) is 0 Å². The minimum absolute atomic E-state index is 0.435. The van der Waals surface area contributed by atoms with Gasteiger partial charge in [0.15, 0.2) is 5.82 Å². The van der Waals surface area contributed by atoms with Gasteiger partial charge in [0.25, 0.3) is 0 Å². The maximum Gasteiger partial charge on any atom is 0.489 e. The summed E-state index contributed by atoms with van der Waals surface area (Å²) in [7, 11) is -1.61. The molecule has 0 amide bonds. The first kappa shape index (κ1) is 26.2. The van der Waals surface area contributed by atoms with Crippen LogP contribution in [0.1, 0.15) is 18.2 Å². The predicted octanol–water partition coefficient (Wildman–Crippen LogP) is 6.78. The van der Waals surface area contributed by atoms with Gasteiger partial charge in [-0.3, -0.25) is 0 Å². The molecule has 0 unspecified atom stereocenters. The Morgan fingerprint density at radius 1 is 0.732 bits per heavy atom. The number of fused-ring (bicyclic) bond motifs is 1. The Bertz CT molecular complexity index is 1840. The molecular weight excluding hydrogens is 505 g/mol. The third-order valence-corrected chi connectivity index (χ3v) is 7.14. The lowest BCUT2D eigenvalue weighted by atomic mass is 9.77. The highest BCUT2D eigenvalue weighted by Gasteiger charge is 2.23. The second-order valence-electron chi connectivity index (χ2n) is 9.70. The highest BCUT2D eigenvalue weighted by Crippen LogP contribution is 2.33. The van der Waals surface area contributed by atoms with Crippen molar-refractivity contribution >= 4 is 35.6 Å². The molecule has 6 rings (SSSR count). The van der Waals surface area contributed by atoms with Crippen LogP contribution in [0.4, 0.5) is 0 Å². The van der Waals surface area contributed by atoms with Crippen LogP contribution >= 0.6 is 0 Å². The lowest BCUT2D eigenvalue weighted by Gasteiger charge is -2.13. The van der Waals surface area contributed by atoms with E-state index in [-0.39, 0.29) is 0 Å². The number of hydrogen-bond donors (Lipinski definition) is 2. The Hall–Kier alpha value is -5.04. The number of allylic oxidation sites excluding steroid dienone is 1. The molecule has 0 atom stereocenters. The van der Waals surface area contributed by atoms with Gasteiger partial charge in [-0.25, -0.2) is 9.97 Å². The third-order valence-electron chi connectivity index (χ3n) is 7.14. The van der Waals surface area contributed by atoms with E-state index >= 15 is 0 Å². The fourth-order valence-corrected chi connectivity index (χ4v) is 5.31. The summed E-state index contributed by atoms with van der Waals surface area (Å²) in [6.45, 7) is 6.00. The van der Waals surface area contributed by atoms with Crippen molar-refractivity contribution in [1.82, 2.24) is 14.5 Å². The summed E-state index contributed by atoms with van der Waals surface area (Å²) in [6, 6.07) is 35.9. The minimum Gasteiger partial charge on any atom is -0.423 e. The number of hydrogen-bond acceptors (Lipinski definition) is 4. The standard InChI is InChI=1S/C35H28BN3O2/c1-3-13-32-28(4-2)34-29(36(40)41)20-12-21-33(34)39(32)27-19-11-18-26(22-27)35-37-30(24-14-7-5-8-15-24)23-31(38-35)25-16-9-6-10-17-25/h3-23,40-41H,2H2,1H3/b13-3-. The molecule has 0 aliphatic carbocycles. The van der Waals surface area contributed by atoms with E-state index < -0.39 is 7.12 Å². The molecule has 0 fully saturated rings. The molecule has 2 aromatic heterocycles. The van der Waals surface area contributed by atoms with Crippen molar-refractivity contribution < 1.29 is 10.0 Å². The van der Waals surface area contributed by atoms with Crippen LogP contribution in [0.2, 0.25) is 0 Å². The Morgan fingerprint density at radius 3 is 1.93 bits per heavy atom. The van der Waals surface area contributed by atoms with Crippen molar-refractivity contribution in [2.75, 3.05) is 0 Å². The summed E-state index contributed by atoms with van der Waals surface area (Å²) >= 11 is 0. The Labute approximate surface area is 239 Å². The van der Waals surface area contributed by atoms with Crippen molar-refractivity contribution in [1.29, 1.82) is 0 Å². The fraction of sp³-hybridized carbons (Fsp3) is 0.0286. The van der Waals surface area contributed by atoms with E-state index in [0.717, 1.165) is 55.9 Å². The zero-order valence-corrected chi connectivity index (χ0v) is 22.6. The second-order valence-corrected chi connectivity index (χ2v) is 9.70. The van der Waals surface area contributed by atoms with Gasteiger partial charge in [0.05, 0.1) is 22.6 Å². The molecule has 6 heteroatoms. The van der Waals surface area contributed by atoms with Crippen molar-refractivity contribution in [3.8, 4) is 39.6 Å². The summed E-state index contributed by atoms with van der Waals surface area (Å²) in [5, 5.41) is 21.1. The molecule has 198 valence electrons. The Kier molecular flexibility index (Phi) is 7.17. The van der Waals surface area contributed by atoms with Crippen LogP contribution in [0.5, 0.6) is 0 Å². The van der Waals surface area contributed by atoms with E-state index in [1.54, 1.807) is 12.1 Å². The van der Waals surface area contributed by atoms with Gasteiger partial charge in [0.2, 0.25) is 0 Å². The van der Waals surface area contributed by atoms with Gasteiger partial charge in [-0.15, -0.1) is 0 Å². The number of rotatable bonds is 7. The van der Waals surface area contributed by atoms with Crippen LogP contribution in [-0.2, 0) is 0 Å². The zero-order chi connectivity index (χ0) is 28.3. The smallest absolute Gasteiger partial charge is 0.423 e. The summed E-state index contributed by atoms with van der Waals surface area (Å²) in [4.78, 5) is 9.99. The van der Waals surface area contributed by atoms with Gasteiger partial charge in [-0.1, -0.05) is 104 Å². The van der Waals surface area contributed by atoms with E-state index in [4.69, 9.17) is 9.97 Å². The van der Waals surface area contributed by atoms with E-state index in [9.17, 15) is 10.0 Å². The second kappa shape index (κ2) is 11.2. The zero-order valence-electron chi connectivity index (χ0n) is 22.6. The largest absolute Gasteiger partial charge is 0.489 e. The normalized spacial score (nSPS) is 11.3. The Balaban J connectivity index is 1.58. The minimum atomic E-state index is -1.61. The molecule has 0 spiro atoms. The molecule has 2 heterocycles. The predicted molar refractivity (Wildman–Crippen MR) is 170 cm³/mol. The number of nitrogens with zero attached hydrogens (tertiary/aromatic N) is 3. The van der Waals surface area contributed by atoms with Gasteiger partial charge >= 0.3 is 7.12 Å². The first-order valence-corrected chi connectivity index (χ1v) is 13.5. The molecule has 0 aliphatic rings. The first-order valence-electron chi connectivity index (χ1n) is 13.5. The maximum absolute atomic E-state index is 10.2. The lowest BCUT2D eigenvalue weighted by Crippen LogP contribution is -2.30. The molecule has 0 bridgehead atoms. The quantitative estimate of drug-likeness (QED) is 0.222. The van der Waals surface area contributed by atoms with Crippen molar-refractivity contribution in [2.45, 2.75) is 6.92 Å². The molecule has 5 nitrogen and oxygen atoms in total. The average Bonchev–Trinajstić information content (AvgIpc) is 3.35. The van der Waals surface area contributed by atoms with Gasteiger partial charge < -0.3 is 14.6 Å². The van der Waals surface area contributed by atoms with E-state index in [2.05, 4.69) is 41.5 Å². The third kappa shape index (κ3) is 4.91. The van der Waals surface area contributed by atoms with E-state index in [0.29, 0.717) is 11.3 Å². The van der Waals surface area contributed by atoms with Crippen LogP contribution < -0.4 is 5.46 Å². The molecule has 0 aliphatic heterocycles. The van der Waals surface area contributed by atoms with Crippen LogP contribution in [0.25, 0.3) is 62.6 Å². The molecule has 4 aromatic carbocycles. The van der Waals surface area contributed by atoms with Crippen LogP contribution in [0, 0.1) is 0 Å². The fourth-order valence-electron chi connectivity index (χ4n) is 5.31. The monoisotopic (exact) mass is 533 g/mol. The van der Waals surface area contributed by atoms with Gasteiger partial charge in [0, 0.05) is 33.3 Å². The topological polar surface area (TPSA) is 71.2 Å². The SMILES string of the molecule is C=Cc1c(/C=C\C)n(-c2cccc(-c3nc(-c4ccccc4)cc(-c4ccccc4)n3)c2)c2cccc(B(O)O)c12. The summed E-state index contributed by atoms with van der Waals surface area (Å²) < 4.78 is 2.11. The van der Waals surface area contributed by atoms with Crippen molar-refractivity contribution in [3.05, 3.63) is 133 Å². The molecule has 2 N–H and O–H groups in total. The number of aromatic nitrogens is 3. The summed E-state index contributed by atoms with van der Waals surface area (Å²) in [6.07, 6.45) is 5.74.